The minimum absolute atomic E-state index is 0.702. The summed E-state index contributed by atoms with van der Waals surface area (Å²) in [6, 6.07) is 36.6. The van der Waals surface area contributed by atoms with Gasteiger partial charge in [0.25, 0.3) is 0 Å². The van der Waals surface area contributed by atoms with Gasteiger partial charge in [-0.3, -0.25) is 0 Å². The summed E-state index contributed by atoms with van der Waals surface area (Å²) in [6.45, 7) is 19.9. The molecule has 5 radical (unpaired) electrons. The maximum atomic E-state index is 10.3. The lowest BCUT2D eigenvalue weighted by atomic mass is 9.81. The van der Waals surface area contributed by atoms with Crippen LogP contribution in [-0.2, 0) is 4.65 Å². The Bertz CT molecular complexity index is 2410. The van der Waals surface area contributed by atoms with Gasteiger partial charge in [0.05, 0.1) is 33.6 Å². The van der Waals surface area contributed by atoms with E-state index in [1.807, 2.05) is 68.4 Å². The first kappa shape index (κ1) is 50.3. The van der Waals surface area contributed by atoms with Crippen molar-refractivity contribution in [2.75, 3.05) is 0 Å². The molecule has 0 atom stereocenters. The molecule has 0 spiro atoms. The average Bonchev–Trinajstić information content (AvgIpc) is 3.17. The topological polar surface area (TPSA) is 129 Å². The highest BCUT2D eigenvalue weighted by Crippen LogP contribution is 2.47. The molecule has 8 rings (SSSR count). The molecule has 6 aromatic rings. The third kappa shape index (κ3) is 11.8. The fourth-order valence-corrected chi connectivity index (χ4v) is 5.72. The fraction of sp³-hybridized carbons (Fsp3) is 0.360. The lowest BCUT2D eigenvalue weighted by Crippen LogP contribution is -2.49. The van der Waals surface area contributed by atoms with E-state index in [-0.39, 0.29) is 0 Å². The number of aliphatic hydroxyl groups is 5. The van der Waals surface area contributed by atoms with E-state index in [0.29, 0.717) is 0 Å². The van der Waals surface area contributed by atoms with Gasteiger partial charge in [0, 0.05) is 42.4 Å². The van der Waals surface area contributed by atoms with Gasteiger partial charge in [-0.15, -0.1) is 0 Å². The molecule has 2 aliphatic heterocycles. The van der Waals surface area contributed by atoms with E-state index < -0.39 is 33.6 Å². The fourth-order valence-electron chi connectivity index (χ4n) is 5.55. The van der Waals surface area contributed by atoms with Crippen molar-refractivity contribution in [2.45, 2.75) is 117 Å². The molecule has 5 N–H and O–H groups in total. The van der Waals surface area contributed by atoms with Crippen LogP contribution in [0.25, 0.3) is 43.8 Å². The van der Waals surface area contributed by atoms with Crippen LogP contribution in [-0.4, -0.2) is 82.1 Å². The highest BCUT2D eigenvalue weighted by Gasteiger charge is 2.36. The third-order valence-electron chi connectivity index (χ3n) is 11.7. The third-order valence-corrected chi connectivity index (χ3v) is 11.9. The minimum atomic E-state index is -1.01. The Balaban J connectivity index is 0.000000203. The summed E-state index contributed by atoms with van der Waals surface area (Å²) in [5.41, 5.74) is -0.291. The Morgan fingerprint density at radius 1 is 0.452 bits per heavy atom. The maximum absolute atomic E-state index is 10.3. The SMILES string of the molecule is CC(C)(O)C(C)(C)O.CC(C)(O)C(C)(C)O.CC(C)(O)C(C)(C)O[B]c1ccc2c(c1)-c1cccc3cccc(c13)O2.Clc1ccc2c(c1)-c1cccc3cccc(c13)O2.[B][B]. The molecule has 0 fully saturated rings. The summed E-state index contributed by atoms with van der Waals surface area (Å²) in [5, 5.41) is 52.1. The summed E-state index contributed by atoms with van der Waals surface area (Å²) in [7, 11) is 9.71. The molecule has 0 saturated carbocycles. The molecule has 0 amide bonds. The summed E-state index contributed by atoms with van der Waals surface area (Å²) >= 11 is 6.08. The Kier molecular flexibility index (Phi) is 15.6. The summed E-state index contributed by atoms with van der Waals surface area (Å²) in [5.74, 6) is 3.51. The van der Waals surface area contributed by atoms with Gasteiger partial charge in [0.2, 0.25) is 0 Å². The van der Waals surface area contributed by atoms with E-state index in [2.05, 4.69) is 70.1 Å². The van der Waals surface area contributed by atoms with Gasteiger partial charge in [-0.05, 0) is 141 Å². The van der Waals surface area contributed by atoms with E-state index in [4.69, 9.17) is 46.2 Å². The number of fused-ring (bicyclic) bond motifs is 4. The lowest BCUT2D eigenvalue weighted by Gasteiger charge is -2.37. The monoisotopic (exact) mass is 855 g/mol. The van der Waals surface area contributed by atoms with Gasteiger partial charge in [0.15, 0.2) is 0 Å². The first-order valence-electron chi connectivity index (χ1n) is 20.4. The first-order chi connectivity index (χ1) is 28.6. The van der Waals surface area contributed by atoms with Crippen molar-refractivity contribution in [3.8, 4) is 45.3 Å². The molecule has 323 valence electrons. The van der Waals surface area contributed by atoms with Crippen LogP contribution < -0.4 is 14.9 Å². The van der Waals surface area contributed by atoms with Crippen molar-refractivity contribution in [2.24, 2.45) is 0 Å². The molecule has 6 aromatic carbocycles. The first-order valence-corrected chi connectivity index (χ1v) is 20.8. The predicted octanol–water partition coefficient (Wildman–Crippen LogP) is 9.98. The van der Waals surface area contributed by atoms with Gasteiger partial charge < -0.3 is 39.7 Å². The van der Waals surface area contributed by atoms with E-state index >= 15 is 0 Å². The van der Waals surface area contributed by atoms with Gasteiger partial charge in [-0.2, -0.15) is 0 Å². The Morgan fingerprint density at radius 2 is 0.823 bits per heavy atom. The van der Waals surface area contributed by atoms with Crippen LogP contribution in [0.1, 0.15) is 83.1 Å². The molecule has 62 heavy (non-hydrogen) atoms. The second-order valence-electron chi connectivity index (χ2n) is 18.5. The largest absolute Gasteiger partial charge is 0.456 e. The second-order valence-corrected chi connectivity index (χ2v) is 18.9. The molecule has 8 nitrogen and oxygen atoms in total. The number of rotatable bonds is 6. The zero-order chi connectivity index (χ0) is 46.6. The van der Waals surface area contributed by atoms with Crippen LogP contribution in [0.4, 0.5) is 0 Å². The normalized spacial score (nSPS) is 12.8. The van der Waals surface area contributed by atoms with Crippen molar-refractivity contribution < 1.29 is 39.7 Å². The van der Waals surface area contributed by atoms with Crippen molar-refractivity contribution in [1.82, 2.24) is 0 Å². The zero-order valence-electron chi connectivity index (χ0n) is 38.0. The Morgan fingerprint density at radius 3 is 1.21 bits per heavy atom. The molecular weight excluding hydrogens is 796 g/mol. The van der Waals surface area contributed by atoms with Crippen molar-refractivity contribution >= 4 is 61.6 Å². The smallest absolute Gasteiger partial charge is 0.330 e. The summed E-state index contributed by atoms with van der Waals surface area (Å²) in [6.07, 6.45) is 0. The Hall–Kier alpha value is -4.32. The predicted molar refractivity (Wildman–Crippen MR) is 257 cm³/mol. The van der Waals surface area contributed by atoms with Crippen molar-refractivity contribution in [1.29, 1.82) is 0 Å². The van der Waals surface area contributed by atoms with Crippen LogP contribution in [0.15, 0.2) is 109 Å². The van der Waals surface area contributed by atoms with E-state index in [1.54, 1.807) is 76.7 Å². The Labute approximate surface area is 375 Å². The molecular formula is C50H59B3ClO8. The quantitative estimate of drug-likeness (QED) is 0.105. The number of ether oxygens (including phenoxy) is 2. The minimum Gasteiger partial charge on any atom is -0.456 e. The van der Waals surface area contributed by atoms with Crippen LogP contribution in [0.2, 0.25) is 5.02 Å². The van der Waals surface area contributed by atoms with E-state index in [0.717, 1.165) is 60.9 Å². The average molecular weight is 856 g/mol. The summed E-state index contributed by atoms with van der Waals surface area (Å²) < 4.78 is 18.0. The van der Waals surface area contributed by atoms with Gasteiger partial charge in [-0.1, -0.05) is 89.9 Å². The maximum Gasteiger partial charge on any atom is 0.330 e. The molecule has 0 saturated heterocycles. The molecule has 0 bridgehead atoms. The summed E-state index contributed by atoms with van der Waals surface area (Å²) in [4.78, 5) is 0. The second kappa shape index (κ2) is 19.2. The van der Waals surface area contributed by atoms with E-state index in [1.165, 1.54) is 16.3 Å². The van der Waals surface area contributed by atoms with Crippen LogP contribution in [0.3, 0.4) is 0 Å². The van der Waals surface area contributed by atoms with Crippen LogP contribution in [0.5, 0.6) is 23.0 Å². The standard InChI is InChI=1S/C22H22BO3.C16H9ClO.2C6H14O2.B2/c1-21(2,24)22(3,4)26-23-15-11-12-18-17(13-15)16-9-5-7-14-8-6-10-19(25-18)20(14)16;17-11-7-8-14-13(9-11)12-5-1-3-10-4-2-6-15(18-14)16(10)12;2*1-5(2,7)6(3,4)8;1-2/h5-13,24H,1-4H3;1-9H;2*7-8H,1-4H3;. The highest BCUT2D eigenvalue weighted by molar-refractivity contribution is 6.75. The molecule has 0 aliphatic carbocycles. The lowest BCUT2D eigenvalue weighted by molar-refractivity contribution is -0.107. The number of halogens is 1. The molecule has 2 heterocycles. The highest BCUT2D eigenvalue weighted by atomic mass is 35.5. The molecule has 0 unspecified atom stereocenters. The van der Waals surface area contributed by atoms with Crippen LogP contribution >= 0.6 is 11.6 Å². The number of hydrogen-bond donors (Lipinski definition) is 5. The van der Waals surface area contributed by atoms with Gasteiger partial charge in [-0.25, -0.2) is 0 Å². The molecule has 2 aliphatic rings. The number of hydrogen-bond acceptors (Lipinski definition) is 8. The van der Waals surface area contributed by atoms with E-state index in [9.17, 15) is 5.11 Å². The molecule has 0 aromatic heterocycles. The van der Waals surface area contributed by atoms with Crippen molar-refractivity contribution in [3.63, 3.8) is 0 Å². The van der Waals surface area contributed by atoms with Crippen LogP contribution in [0, 0.1) is 0 Å². The molecule has 12 heteroatoms. The number of benzene rings is 6. The zero-order valence-corrected chi connectivity index (χ0v) is 38.7. The van der Waals surface area contributed by atoms with Crippen molar-refractivity contribution in [3.05, 3.63) is 114 Å². The van der Waals surface area contributed by atoms with Gasteiger partial charge in [0.1, 0.15) is 23.0 Å². The van der Waals surface area contributed by atoms with Gasteiger partial charge >= 0.3 is 7.48 Å².